The smallest absolute Gasteiger partial charge is 0.408 e. The maximum absolute atomic E-state index is 11.6. The molecule has 2 amide bonds. The van der Waals surface area contributed by atoms with E-state index in [4.69, 9.17) is 5.26 Å². The number of amides is 2. The normalized spacial score (nSPS) is 21.8. The monoisotopic (exact) mass is 283 g/mol. The fourth-order valence-electron chi connectivity index (χ4n) is 2.55. The molecule has 0 saturated carbocycles. The lowest BCUT2D eigenvalue weighted by Crippen LogP contribution is -2.56. The number of aliphatic hydroxyl groups excluding tert-OH is 1. The van der Waals surface area contributed by atoms with Gasteiger partial charge in [0.2, 0.25) is 5.91 Å². The van der Waals surface area contributed by atoms with Crippen LogP contribution in [0.3, 0.4) is 0 Å². The second-order valence-corrected chi connectivity index (χ2v) is 5.98. The molecule has 0 aromatic rings. The summed E-state index contributed by atoms with van der Waals surface area (Å²) in [6.45, 7) is 5.61. The lowest BCUT2D eigenvalue weighted by atomic mass is 9.91. The topological polar surface area (TPSA) is 114 Å². The van der Waals surface area contributed by atoms with E-state index in [0.29, 0.717) is 13.0 Å². The third-order valence-electron chi connectivity index (χ3n) is 3.45. The second-order valence-electron chi connectivity index (χ2n) is 5.98. The summed E-state index contributed by atoms with van der Waals surface area (Å²) in [6, 6.07) is 0.755. The summed E-state index contributed by atoms with van der Waals surface area (Å²) in [4.78, 5) is 24.2. The molecule has 0 spiro atoms. The van der Waals surface area contributed by atoms with Gasteiger partial charge in [-0.05, 0) is 33.6 Å². The first-order valence-corrected chi connectivity index (χ1v) is 6.56. The average Bonchev–Trinajstić information content (AvgIpc) is 2.71. The molecule has 1 aliphatic rings. The van der Waals surface area contributed by atoms with Gasteiger partial charge in [0, 0.05) is 18.0 Å². The molecule has 3 N–H and O–H groups in total. The van der Waals surface area contributed by atoms with E-state index in [1.54, 1.807) is 26.8 Å². The zero-order valence-corrected chi connectivity index (χ0v) is 12.0. The van der Waals surface area contributed by atoms with Gasteiger partial charge in [0.1, 0.15) is 0 Å². The van der Waals surface area contributed by atoms with Crippen LogP contribution in [0.4, 0.5) is 4.79 Å². The Morgan fingerprint density at radius 3 is 2.55 bits per heavy atom. The summed E-state index contributed by atoms with van der Waals surface area (Å²) in [7, 11) is 0. The van der Waals surface area contributed by atoms with E-state index in [2.05, 4.69) is 5.32 Å². The standard InChI is InChI=1S/C13H21N3O4/c1-13(2,3)16(12(19)20)9(10(17)7-14)6-8-4-5-15-11(8)18/h8-10,17H,4-6H2,1-3H3,(H,15,18)(H,19,20)/t8-,9?,10?/m0/s1. The van der Waals surface area contributed by atoms with E-state index in [-0.39, 0.29) is 18.2 Å². The average molecular weight is 283 g/mol. The molecule has 2 unspecified atom stereocenters. The Bertz CT molecular complexity index is 424. The molecule has 0 bridgehead atoms. The molecule has 0 aromatic heterocycles. The lowest BCUT2D eigenvalue weighted by Gasteiger charge is -2.40. The fourth-order valence-corrected chi connectivity index (χ4v) is 2.55. The second kappa shape index (κ2) is 6.09. The van der Waals surface area contributed by atoms with E-state index in [1.165, 1.54) is 0 Å². The van der Waals surface area contributed by atoms with Crippen LogP contribution in [0.25, 0.3) is 0 Å². The van der Waals surface area contributed by atoms with Crippen molar-refractivity contribution in [1.29, 1.82) is 5.26 Å². The zero-order chi connectivity index (χ0) is 15.5. The van der Waals surface area contributed by atoms with Crippen molar-refractivity contribution in [2.24, 2.45) is 5.92 Å². The molecule has 112 valence electrons. The van der Waals surface area contributed by atoms with Gasteiger partial charge in [-0.25, -0.2) is 4.79 Å². The molecule has 1 aliphatic heterocycles. The van der Waals surface area contributed by atoms with Gasteiger partial charge in [-0.2, -0.15) is 5.26 Å². The van der Waals surface area contributed by atoms with Crippen molar-refractivity contribution in [2.75, 3.05) is 6.54 Å². The molecule has 3 atom stereocenters. The number of hydrogen-bond donors (Lipinski definition) is 3. The van der Waals surface area contributed by atoms with E-state index in [1.807, 2.05) is 0 Å². The van der Waals surface area contributed by atoms with Gasteiger partial charge in [0.15, 0.2) is 6.10 Å². The first kappa shape index (κ1) is 16.2. The SMILES string of the molecule is CC(C)(C)N(C(=O)O)C(C[C@@H]1CCNC1=O)C(O)C#N. The molecular weight excluding hydrogens is 262 g/mol. The maximum Gasteiger partial charge on any atom is 0.408 e. The fraction of sp³-hybridized carbons (Fsp3) is 0.769. The number of carbonyl (C=O) groups excluding carboxylic acids is 1. The lowest BCUT2D eigenvalue weighted by molar-refractivity contribution is -0.123. The van der Waals surface area contributed by atoms with Gasteiger partial charge in [-0.1, -0.05) is 0 Å². The number of nitriles is 1. The van der Waals surface area contributed by atoms with Gasteiger partial charge < -0.3 is 15.5 Å². The molecule has 1 heterocycles. The van der Waals surface area contributed by atoms with Crippen LogP contribution in [0, 0.1) is 17.2 Å². The van der Waals surface area contributed by atoms with Crippen molar-refractivity contribution >= 4 is 12.0 Å². The van der Waals surface area contributed by atoms with Gasteiger partial charge in [0.25, 0.3) is 0 Å². The number of carboxylic acid groups (broad SMARTS) is 1. The Balaban J connectivity index is 3.01. The highest BCUT2D eigenvalue weighted by atomic mass is 16.4. The van der Waals surface area contributed by atoms with E-state index in [0.717, 1.165) is 4.90 Å². The van der Waals surface area contributed by atoms with E-state index >= 15 is 0 Å². The van der Waals surface area contributed by atoms with Crippen LogP contribution in [0.2, 0.25) is 0 Å². The van der Waals surface area contributed by atoms with Crippen LogP contribution in [0.1, 0.15) is 33.6 Å². The molecule has 1 rings (SSSR count). The number of aliphatic hydroxyl groups is 1. The number of rotatable bonds is 4. The number of nitrogens with one attached hydrogen (secondary N) is 1. The summed E-state index contributed by atoms with van der Waals surface area (Å²) in [5.74, 6) is -0.522. The molecule has 0 aromatic carbocycles. The van der Waals surface area contributed by atoms with Crippen molar-refractivity contribution in [2.45, 2.75) is 51.3 Å². The van der Waals surface area contributed by atoms with E-state index < -0.39 is 23.8 Å². The van der Waals surface area contributed by atoms with Gasteiger partial charge in [0.05, 0.1) is 12.1 Å². The highest BCUT2D eigenvalue weighted by molar-refractivity contribution is 5.80. The van der Waals surface area contributed by atoms with Crippen LogP contribution in [0.5, 0.6) is 0 Å². The number of nitrogens with zero attached hydrogens (tertiary/aromatic N) is 2. The zero-order valence-electron chi connectivity index (χ0n) is 12.0. The first-order valence-electron chi connectivity index (χ1n) is 6.56. The summed E-state index contributed by atoms with van der Waals surface area (Å²) in [5.41, 5.74) is -0.774. The molecule has 7 nitrogen and oxygen atoms in total. The number of carbonyl (C=O) groups is 2. The maximum atomic E-state index is 11.6. The molecule has 0 radical (unpaired) electrons. The summed E-state index contributed by atoms with van der Waals surface area (Å²) < 4.78 is 0. The van der Waals surface area contributed by atoms with Gasteiger partial charge >= 0.3 is 6.09 Å². The van der Waals surface area contributed by atoms with Crippen LogP contribution in [-0.2, 0) is 4.79 Å². The highest BCUT2D eigenvalue weighted by Gasteiger charge is 2.40. The Labute approximate surface area is 118 Å². The Kier molecular flexibility index (Phi) is 4.95. The predicted molar refractivity (Wildman–Crippen MR) is 70.8 cm³/mol. The largest absolute Gasteiger partial charge is 0.465 e. The molecule has 7 heteroatoms. The molecule has 0 aliphatic carbocycles. The number of hydrogen-bond acceptors (Lipinski definition) is 4. The van der Waals surface area contributed by atoms with E-state index in [9.17, 15) is 19.8 Å². The Morgan fingerprint density at radius 2 is 2.20 bits per heavy atom. The van der Waals surface area contributed by atoms with Crippen LogP contribution in [-0.4, -0.2) is 51.3 Å². The van der Waals surface area contributed by atoms with Crippen molar-refractivity contribution in [3.63, 3.8) is 0 Å². The van der Waals surface area contributed by atoms with Crippen molar-refractivity contribution in [1.82, 2.24) is 10.2 Å². The van der Waals surface area contributed by atoms with Crippen LogP contribution < -0.4 is 5.32 Å². The Hall–Kier alpha value is -1.81. The van der Waals surface area contributed by atoms with Gasteiger partial charge in [-0.15, -0.1) is 0 Å². The highest BCUT2D eigenvalue weighted by Crippen LogP contribution is 2.26. The van der Waals surface area contributed by atoms with Crippen molar-refractivity contribution in [3.8, 4) is 6.07 Å². The molecular formula is C13H21N3O4. The van der Waals surface area contributed by atoms with Crippen molar-refractivity contribution in [3.05, 3.63) is 0 Å². The van der Waals surface area contributed by atoms with Gasteiger partial charge in [-0.3, -0.25) is 9.69 Å². The molecule has 1 saturated heterocycles. The first-order chi connectivity index (χ1) is 9.18. The molecule has 1 fully saturated rings. The summed E-state index contributed by atoms with van der Waals surface area (Å²) >= 11 is 0. The third-order valence-corrected chi connectivity index (χ3v) is 3.45. The quantitative estimate of drug-likeness (QED) is 0.652. The Morgan fingerprint density at radius 1 is 1.60 bits per heavy atom. The minimum atomic E-state index is -1.46. The summed E-state index contributed by atoms with van der Waals surface area (Å²) in [5, 5.41) is 30.8. The predicted octanol–water partition coefficient (Wildman–Crippen LogP) is 0.544. The van der Waals surface area contributed by atoms with Crippen LogP contribution >= 0.6 is 0 Å². The minimum absolute atomic E-state index is 0.143. The summed E-state index contributed by atoms with van der Waals surface area (Å²) in [6.07, 6.45) is -1.94. The minimum Gasteiger partial charge on any atom is -0.465 e. The van der Waals surface area contributed by atoms with Crippen LogP contribution in [0.15, 0.2) is 0 Å². The third kappa shape index (κ3) is 3.61. The van der Waals surface area contributed by atoms with Crippen molar-refractivity contribution < 1.29 is 19.8 Å². The molecule has 20 heavy (non-hydrogen) atoms.